The van der Waals surface area contributed by atoms with Crippen LogP contribution in [0.15, 0.2) is 24.4 Å². The van der Waals surface area contributed by atoms with Crippen LogP contribution in [0.4, 0.5) is 0 Å². The van der Waals surface area contributed by atoms with Crippen molar-refractivity contribution in [2.24, 2.45) is 0 Å². The molecule has 0 amide bonds. The molecule has 2 heterocycles. The van der Waals surface area contributed by atoms with E-state index in [1.165, 1.54) is 0 Å². The van der Waals surface area contributed by atoms with E-state index in [-0.39, 0.29) is 0 Å². The number of carboxylic acids is 1. The fourth-order valence-electron chi connectivity index (χ4n) is 2.31. The summed E-state index contributed by atoms with van der Waals surface area (Å²) in [7, 11) is 2.05. The highest BCUT2D eigenvalue weighted by atomic mass is 16.4. The van der Waals surface area contributed by atoms with Crippen molar-refractivity contribution in [3.8, 4) is 0 Å². The Balaban J connectivity index is 2.30. The van der Waals surface area contributed by atoms with Gasteiger partial charge in [-0.2, -0.15) is 0 Å². The molecule has 1 fully saturated rings. The van der Waals surface area contributed by atoms with E-state index in [4.69, 9.17) is 0 Å². The van der Waals surface area contributed by atoms with E-state index in [1.807, 2.05) is 11.0 Å². The Kier molecular flexibility index (Phi) is 3.63. The average Bonchev–Trinajstić information content (AvgIpc) is 2.39. The molecule has 0 saturated carbocycles. The van der Waals surface area contributed by atoms with Gasteiger partial charge in [0, 0.05) is 32.4 Å². The second-order valence-corrected chi connectivity index (χ2v) is 4.88. The molecule has 0 spiro atoms. The summed E-state index contributed by atoms with van der Waals surface area (Å²) in [6.07, 6.45) is 1.65. The Hall–Kier alpha value is -1.46. The highest BCUT2D eigenvalue weighted by Crippen LogP contribution is 2.28. The van der Waals surface area contributed by atoms with Gasteiger partial charge in [-0.1, -0.05) is 6.07 Å². The van der Waals surface area contributed by atoms with E-state index in [1.54, 1.807) is 25.3 Å². The maximum Gasteiger partial charge on any atom is 0.330 e. The van der Waals surface area contributed by atoms with Crippen molar-refractivity contribution in [2.45, 2.75) is 12.5 Å². The molecular weight excluding hydrogens is 230 g/mol. The number of piperazine rings is 1. The quantitative estimate of drug-likeness (QED) is 0.851. The molecule has 98 valence electrons. The van der Waals surface area contributed by atoms with Crippen molar-refractivity contribution in [1.29, 1.82) is 0 Å². The van der Waals surface area contributed by atoms with Crippen molar-refractivity contribution in [3.63, 3.8) is 0 Å². The number of rotatable bonds is 3. The van der Waals surface area contributed by atoms with Gasteiger partial charge in [-0.15, -0.1) is 0 Å². The van der Waals surface area contributed by atoms with Gasteiger partial charge < -0.3 is 10.0 Å². The minimum Gasteiger partial charge on any atom is -0.480 e. The summed E-state index contributed by atoms with van der Waals surface area (Å²) in [5.74, 6) is -0.842. The van der Waals surface area contributed by atoms with Crippen LogP contribution >= 0.6 is 0 Å². The van der Waals surface area contributed by atoms with Crippen LogP contribution in [-0.4, -0.2) is 59.1 Å². The number of carbonyl (C=O) groups is 1. The lowest BCUT2D eigenvalue weighted by atomic mass is 9.94. The first-order valence-electron chi connectivity index (χ1n) is 6.13. The molecule has 1 aromatic heterocycles. The second-order valence-electron chi connectivity index (χ2n) is 4.88. The fourth-order valence-corrected chi connectivity index (χ4v) is 2.31. The number of likely N-dealkylation sites (N-methyl/N-ethyl adjacent to an activating group) is 1. The van der Waals surface area contributed by atoms with Crippen molar-refractivity contribution in [1.82, 2.24) is 14.8 Å². The molecule has 18 heavy (non-hydrogen) atoms. The number of aromatic nitrogens is 1. The minimum atomic E-state index is -1.04. The normalized spacial score (nSPS) is 21.4. The third-order valence-electron chi connectivity index (χ3n) is 3.72. The SMILES string of the molecule is CN1CCN(C(C)(C(=O)O)c2ccccn2)CC1. The van der Waals surface area contributed by atoms with Gasteiger partial charge in [-0.05, 0) is 26.1 Å². The van der Waals surface area contributed by atoms with E-state index >= 15 is 0 Å². The molecule has 0 radical (unpaired) electrons. The van der Waals surface area contributed by atoms with Crippen LogP contribution in [0.3, 0.4) is 0 Å². The van der Waals surface area contributed by atoms with Gasteiger partial charge in [0.2, 0.25) is 0 Å². The fraction of sp³-hybridized carbons (Fsp3) is 0.538. The Labute approximate surface area is 107 Å². The van der Waals surface area contributed by atoms with E-state index in [0.29, 0.717) is 5.69 Å². The third-order valence-corrected chi connectivity index (χ3v) is 3.72. The molecule has 1 atom stereocenters. The number of aliphatic carboxylic acids is 1. The molecule has 5 heteroatoms. The molecular formula is C13H19N3O2. The van der Waals surface area contributed by atoms with Crippen LogP contribution < -0.4 is 0 Å². The van der Waals surface area contributed by atoms with Crippen LogP contribution in [0.2, 0.25) is 0 Å². The molecule has 1 saturated heterocycles. The molecule has 0 aliphatic carbocycles. The molecule has 1 N–H and O–H groups in total. The monoisotopic (exact) mass is 249 g/mol. The van der Waals surface area contributed by atoms with E-state index in [0.717, 1.165) is 26.2 Å². The summed E-state index contributed by atoms with van der Waals surface area (Å²) in [4.78, 5) is 20.1. The zero-order valence-electron chi connectivity index (χ0n) is 10.8. The highest BCUT2D eigenvalue weighted by Gasteiger charge is 2.43. The average molecular weight is 249 g/mol. The summed E-state index contributed by atoms with van der Waals surface area (Å²) in [5.41, 5.74) is -0.440. The number of nitrogens with zero attached hydrogens (tertiary/aromatic N) is 3. The van der Waals surface area contributed by atoms with Gasteiger partial charge in [-0.3, -0.25) is 9.88 Å². The molecule has 0 aromatic carbocycles. The lowest BCUT2D eigenvalue weighted by molar-refractivity contribution is -0.153. The summed E-state index contributed by atoms with van der Waals surface area (Å²) >= 11 is 0. The van der Waals surface area contributed by atoms with Crippen molar-refractivity contribution < 1.29 is 9.90 Å². The number of carboxylic acid groups (broad SMARTS) is 1. The second kappa shape index (κ2) is 5.04. The maximum absolute atomic E-state index is 11.7. The van der Waals surface area contributed by atoms with Crippen LogP contribution in [0, 0.1) is 0 Å². The molecule has 1 aliphatic heterocycles. The lowest BCUT2D eigenvalue weighted by Crippen LogP contribution is -2.57. The van der Waals surface area contributed by atoms with E-state index in [2.05, 4.69) is 16.9 Å². The first kappa shape index (κ1) is 13.0. The largest absolute Gasteiger partial charge is 0.480 e. The smallest absolute Gasteiger partial charge is 0.330 e. The Morgan fingerprint density at radius 1 is 1.33 bits per heavy atom. The van der Waals surface area contributed by atoms with Gasteiger partial charge in [0.1, 0.15) is 0 Å². The minimum absolute atomic E-state index is 0.599. The Morgan fingerprint density at radius 3 is 2.50 bits per heavy atom. The summed E-state index contributed by atoms with van der Waals surface area (Å²) in [6, 6.07) is 5.42. The lowest BCUT2D eigenvalue weighted by Gasteiger charge is -2.42. The summed E-state index contributed by atoms with van der Waals surface area (Å²) < 4.78 is 0. The van der Waals surface area contributed by atoms with Crippen molar-refractivity contribution in [3.05, 3.63) is 30.1 Å². The predicted molar refractivity (Wildman–Crippen MR) is 68.3 cm³/mol. The van der Waals surface area contributed by atoms with Crippen LogP contribution in [0.25, 0.3) is 0 Å². The first-order valence-corrected chi connectivity index (χ1v) is 6.13. The van der Waals surface area contributed by atoms with Crippen LogP contribution in [-0.2, 0) is 10.3 Å². The molecule has 5 nitrogen and oxygen atoms in total. The van der Waals surface area contributed by atoms with Crippen LogP contribution in [0.1, 0.15) is 12.6 Å². The number of hydrogen-bond acceptors (Lipinski definition) is 4. The maximum atomic E-state index is 11.7. The molecule has 1 unspecified atom stereocenters. The highest BCUT2D eigenvalue weighted by molar-refractivity contribution is 5.79. The topological polar surface area (TPSA) is 56.7 Å². The number of pyridine rings is 1. The van der Waals surface area contributed by atoms with E-state index in [9.17, 15) is 9.90 Å². The zero-order valence-corrected chi connectivity index (χ0v) is 10.8. The van der Waals surface area contributed by atoms with Crippen LogP contribution in [0.5, 0.6) is 0 Å². The number of hydrogen-bond donors (Lipinski definition) is 1. The van der Waals surface area contributed by atoms with Gasteiger partial charge in [0.25, 0.3) is 0 Å². The van der Waals surface area contributed by atoms with Crippen molar-refractivity contribution in [2.75, 3.05) is 33.2 Å². The summed E-state index contributed by atoms with van der Waals surface area (Å²) in [6.45, 7) is 5.00. The standard InChI is InChI=1S/C13H19N3O2/c1-13(12(17)18,11-5-3-4-6-14-11)16-9-7-15(2)8-10-16/h3-6H,7-10H2,1-2H3,(H,17,18). The molecule has 0 bridgehead atoms. The molecule has 1 aromatic rings. The zero-order chi connectivity index (χ0) is 13.2. The Morgan fingerprint density at radius 2 is 2.00 bits per heavy atom. The van der Waals surface area contributed by atoms with Gasteiger partial charge in [-0.25, -0.2) is 4.79 Å². The van der Waals surface area contributed by atoms with E-state index < -0.39 is 11.5 Å². The predicted octanol–water partition coefficient (Wildman–Crippen LogP) is 0.629. The Bertz CT molecular complexity index is 416. The third kappa shape index (κ3) is 2.23. The van der Waals surface area contributed by atoms with Crippen molar-refractivity contribution >= 4 is 5.97 Å². The van der Waals surface area contributed by atoms with Gasteiger partial charge >= 0.3 is 5.97 Å². The first-order chi connectivity index (χ1) is 8.55. The van der Waals surface area contributed by atoms with Gasteiger partial charge in [0.15, 0.2) is 5.54 Å². The molecule has 2 rings (SSSR count). The van der Waals surface area contributed by atoms with Gasteiger partial charge in [0.05, 0.1) is 5.69 Å². The molecule has 1 aliphatic rings. The summed E-state index contributed by atoms with van der Waals surface area (Å²) in [5, 5.41) is 9.61.